The van der Waals surface area contributed by atoms with E-state index in [1.54, 1.807) is 6.92 Å². The smallest absolute Gasteiger partial charge is 0.127 e. The van der Waals surface area contributed by atoms with E-state index in [-0.39, 0.29) is 11.2 Å². The molecule has 1 unspecified atom stereocenters. The Balaban J connectivity index is 1.99. The summed E-state index contributed by atoms with van der Waals surface area (Å²) in [5, 5.41) is 0.370. The molecule has 0 bridgehead atoms. The summed E-state index contributed by atoms with van der Waals surface area (Å²) in [6, 6.07) is 3.22. The third kappa shape index (κ3) is 4.36. The van der Waals surface area contributed by atoms with Gasteiger partial charge < -0.3 is 0 Å². The highest BCUT2D eigenvalue weighted by atomic mass is 35.5. The molecule has 118 valence electrons. The molecule has 0 spiro atoms. The number of hydrogen-bond donors (Lipinski definition) is 0. The molecule has 2 rings (SSSR count). The Hall–Kier alpha value is -0.270. The summed E-state index contributed by atoms with van der Waals surface area (Å²) < 4.78 is 13.5. The summed E-state index contributed by atoms with van der Waals surface area (Å²) in [6.45, 7) is 4.01. The zero-order valence-corrected chi connectivity index (χ0v) is 14.5. The molecule has 0 heterocycles. The summed E-state index contributed by atoms with van der Waals surface area (Å²) in [5.41, 5.74) is 1.52. The molecule has 0 aliphatic heterocycles. The van der Waals surface area contributed by atoms with Crippen molar-refractivity contribution in [3.8, 4) is 0 Å². The Labute approximate surface area is 138 Å². The standard InChI is InChI=1S/C18H25Cl2F/c1-3-4-5-13-6-8-14(9-7-13)18(20)15-10-12(2)17(21)11-16(15)19/h10-11,13-14,18H,3-9H2,1-2H3. The SMILES string of the molecule is CCCCC1CCC(C(Cl)c2cc(C)c(F)cc2Cl)CC1. The van der Waals surface area contributed by atoms with Crippen LogP contribution in [0.5, 0.6) is 0 Å². The number of rotatable bonds is 5. The lowest BCUT2D eigenvalue weighted by molar-refractivity contribution is 0.254. The molecule has 1 aromatic carbocycles. The van der Waals surface area contributed by atoms with Crippen LogP contribution in [0, 0.1) is 24.6 Å². The number of alkyl halides is 1. The van der Waals surface area contributed by atoms with Crippen LogP contribution in [0.2, 0.25) is 5.02 Å². The Morgan fingerprint density at radius 3 is 2.52 bits per heavy atom. The molecule has 1 aliphatic rings. The van der Waals surface area contributed by atoms with Crippen molar-refractivity contribution in [2.75, 3.05) is 0 Å². The molecule has 0 amide bonds. The molecule has 1 aromatic rings. The highest BCUT2D eigenvalue weighted by Gasteiger charge is 2.28. The van der Waals surface area contributed by atoms with Crippen molar-refractivity contribution in [1.82, 2.24) is 0 Å². The van der Waals surface area contributed by atoms with Gasteiger partial charge in [0.05, 0.1) is 5.38 Å². The number of hydrogen-bond acceptors (Lipinski definition) is 0. The lowest BCUT2D eigenvalue weighted by Gasteiger charge is -2.32. The van der Waals surface area contributed by atoms with Crippen LogP contribution in [0.1, 0.15) is 68.4 Å². The van der Waals surface area contributed by atoms with Crippen LogP contribution >= 0.6 is 23.2 Å². The molecule has 21 heavy (non-hydrogen) atoms. The van der Waals surface area contributed by atoms with Crippen molar-refractivity contribution in [3.63, 3.8) is 0 Å². The summed E-state index contributed by atoms with van der Waals surface area (Å²) in [6.07, 6.45) is 8.83. The molecule has 1 atom stereocenters. The quantitative estimate of drug-likeness (QED) is 0.506. The van der Waals surface area contributed by atoms with Crippen LogP contribution in [0.3, 0.4) is 0 Å². The predicted molar refractivity (Wildman–Crippen MR) is 89.7 cm³/mol. The average molecular weight is 331 g/mol. The Morgan fingerprint density at radius 1 is 1.24 bits per heavy atom. The fraction of sp³-hybridized carbons (Fsp3) is 0.667. The van der Waals surface area contributed by atoms with E-state index in [0.29, 0.717) is 16.5 Å². The molecular weight excluding hydrogens is 306 g/mol. The van der Waals surface area contributed by atoms with Crippen molar-refractivity contribution in [2.45, 2.75) is 64.2 Å². The van der Waals surface area contributed by atoms with E-state index >= 15 is 0 Å². The van der Waals surface area contributed by atoms with E-state index in [4.69, 9.17) is 23.2 Å². The lowest BCUT2D eigenvalue weighted by Crippen LogP contribution is -2.18. The molecule has 1 fully saturated rings. The minimum Gasteiger partial charge on any atom is -0.207 e. The van der Waals surface area contributed by atoms with Gasteiger partial charge in [0.15, 0.2) is 0 Å². The second-order valence-electron chi connectivity index (χ2n) is 6.45. The van der Waals surface area contributed by atoms with Crippen molar-refractivity contribution >= 4 is 23.2 Å². The first-order valence-electron chi connectivity index (χ1n) is 8.12. The summed E-state index contributed by atoms with van der Waals surface area (Å²) in [4.78, 5) is 0. The van der Waals surface area contributed by atoms with Gasteiger partial charge >= 0.3 is 0 Å². The topological polar surface area (TPSA) is 0 Å². The minimum atomic E-state index is -0.254. The second kappa shape index (κ2) is 7.83. The highest BCUT2D eigenvalue weighted by molar-refractivity contribution is 6.32. The largest absolute Gasteiger partial charge is 0.207 e. The number of benzene rings is 1. The van der Waals surface area contributed by atoms with Gasteiger partial charge in [0, 0.05) is 5.02 Å². The van der Waals surface area contributed by atoms with Crippen molar-refractivity contribution < 1.29 is 4.39 Å². The van der Waals surface area contributed by atoms with Crippen LogP contribution in [0.25, 0.3) is 0 Å². The molecule has 0 nitrogen and oxygen atoms in total. The third-order valence-electron chi connectivity index (χ3n) is 4.85. The summed E-state index contributed by atoms with van der Waals surface area (Å²) in [7, 11) is 0. The van der Waals surface area contributed by atoms with Gasteiger partial charge in [-0.05, 0) is 48.8 Å². The van der Waals surface area contributed by atoms with Gasteiger partial charge in [0.25, 0.3) is 0 Å². The fourth-order valence-corrected chi connectivity index (χ4v) is 4.16. The second-order valence-corrected chi connectivity index (χ2v) is 7.33. The molecule has 3 heteroatoms. The average Bonchev–Trinajstić information content (AvgIpc) is 2.48. The maximum atomic E-state index is 13.5. The van der Waals surface area contributed by atoms with E-state index in [0.717, 1.165) is 24.3 Å². The van der Waals surface area contributed by atoms with Gasteiger partial charge in [-0.25, -0.2) is 4.39 Å². The zero-order valence-electron chi connectivity index (χ0n) is 13.0. The van der Waals surface area contributed by atoms with Crippen LogP contribution in [-0.2, 0) is 0 Å². The van der Waals surface area contributed by atoms with E-state index in [2.05, 4.69) is 6.92 Å². The fourth-order valence-electron chi connectivity index (χ4n) is 3.41. The first-order valence-corrected chi connectivity index (χ1v) is 8.94. The Bertz CT molecular complexity index is 465. The number of halogens is 3. The molecule has 1 saturated carbocycles. The summed E-state index contributed by atoms with van der Waals surface area (Å²) >= 11 is 12.8. The number of unbranched alkanes of at least 4 members (excludes halogenated alkanes) is 1. The lowest BCUT2D eigenvalue weighted by atomic mass is 9.77. The van der Waals surface area contributed by atoms with Gasteiger partial charge in [-0.15, -0.1) is 11.6 Å². The van der Waals surface area contributed by atoms with Crippen LogP contribution < -0.4 is 0 Å². The van der Waals surface area contributed by atoms with E-state index in [1.165, 1.54) is 38.2 Å². The van der Waals surface area contributed by atoms with Crippen molar-refractivity contribution in [2.24, 2.45) is 11.8 Å². The third-order valence-corrected chi connectivity index (χ3v) is 5.77. The highest BCUT2D eigenvalue weighted by Crippen LogP contribution is 2.43. The van der Waals surface area contributed by atoms with E-state index in [9.17, 15) is 4.39 Å². The van der Waals surface area contributed by atoms with Gasteiger partial charge in [-0.2, -0.15) is 0 Å². The maximum Gasteiger partial charge on any atom is 0.127 e. The van der Waals surface area contributed by atoms with Gasteiger partial charge in [-0.1, -0.05) is 56.7 Å². The molecule has 0 radical (unpaired) electrons. The molecule has 0 saturated heterocycles. The Morgan fingerprint density at radius 2 is 1.90 bits per heavy atom. The normalized spacial score (nSPS) is 24.0. The van der Waals surface area contributed by atoms with Crippen LogP contribution in [0.15, 0.2) is 12.1 Å². The first-order chi connectivity index (χ1) is 10.0. The molecule has 1 aliphatic carbocycles. The predicted octanol–water partition coefficient (Wildman–Crippen LogP) is 7.06. The van der Waals surface area contributed by atoms with Gasteiger partial charge in [0.2, 0.25) is 0 Å². The molecule has 0 aromatic heterocycles. The minimum absolute atomic E-state index is 0.0936. The van der Waals surface area contributed by atoms with Gasteiger partial charge in [0.1, 0.15) is 5.82 Å². The van der Waals surface area contributed by atoms with Crippen LogP contribution in [-0.4, -0.2) is 0 Å². The first kappa shape index (κ1) is 17.1. The summed E-state index contributed by atoms with van der Waals surface area (Å²) in [5.74, 6) is 1.08. The monoisotopic (exact) mass is 330 g/mol. The zero-order chi connectivity index (χ0) is 15.4. The van der Waals surface area contributed by atoms with Crippen molar-refractivity contribution in [3.05, 3.63) is 34.1 Å². The van der Waals surface area contributed by atoms with Crippen LogP contribution in [0.4, 0.5) is 4.39 Å². The Kier molecular flexibility index (Phi) is 6.37. The molecular formula is C18H25Cl2F. The van der Waals surface area contributed by atoms with E-state index < -0.39 is 0 Å². The molecule has 0 N–H and O–H groups in total. The van der Waals surface area contributed by atoms with Gasteiger partial charge in [-0.3, -0.25) is 0 Å². The van der Waals surface area contributed by atoms with E-state index in [1.807, 2.05) is 6.07 Å². The van der Waals surface area contributed by atoms with Crippen molar-refractivity contribution in [1.29, 1.82) is 0 Å². The number of aryl methyl sites for hydroxylation is 1. The maximum absolute atomic E-state index is 13.5.